The lowest BCUT2D eigenvalue weighted by Gasteiger charge is -2.19. The number of H-pyrrole nitrogens is 1. The van der Waals surface area contributed by atoms with Crippen LogP contribution >= 0.6 is 0 Å². The Morgan fingerprint density at radius 2 is 1.84 bits per heavy atom. The van der Waals surface area contributed by atoms with E-state index in [1.807, 2.05) is 58.0 Å². The van der Waals surface area contributed by atoms with E-state index in [1.54, 1.807) is 0 Å². The SMILES string of the molecule is Cc1n[nH]c(C)c1CNC(=O)C(NC(=O)CC(C)C)c1ccccc1. The van der Waals surface area contributed by atoms with E-state index in [2.05, 4.69) is 20.8 Å². The van der Waals surface area contributed by atoms with Crippen LogP contribution in [-0.2, 0) is 16.1 Å². The molecule has 0 aliphatic rings. The van der Waals surface area contributed by atoms with Crippen molar-refractivity contribution in [3.8, 4) is 0 Å². The predicted octanol–water partition coefficient (Wildman–Crippen LogP) is 2.55. The minimum absolute atomic E-state index is 0.130. The topological polar surface area (TPSA) is 86.9 Å². The average molecular weight is 342 g/mol. The van der Waals surface area contributed by atoms with Gasteiger partial charge < -0.3 is 10.6 Å². The largest absolute Gasteiger partial charge is 0.350 e. The second kappa shape index (κ2) is 8.46. The van der Waals surface area contributed by atoms with Crippen LogP contribution in [0, 0.1) is 19.8 Å². The molecule has 134 valence electrons. The van der Waals surface area contributed by atoms with Gasteiger partial charge in [-0.25, -0.2) is 0 Å². The van der Waals surface area contributed by atoms with Gasteiger partial charge in [0.05, 0.1) is 5.69 Å². The smallest absolute Gasteiger partial charge is 0.247 e. The molecule has 0 aliphatic carbocycles. The van der Waals surface area contributed by atoms with Gasteiger partial charge in [0.15, 0.2) is 0 Å². The van der Waals surface area contributed by atoms with Crippen LogP contribution in [-0.4, -0.2) is 22.0 Å². The van der Waals surface area contributed by atoms with Crippen molar-refractivity contribution in [3.05, 3.63) is 52.8 Å². The Hall–Kier alpha value is -2.63. The number of amides is 2. The van der Waals surface area contributed by atoms with Crippen molar-refractivity contribution in [3.63, 3.8) is 0 Å². The summed E-state index contributed by atoms with van der Waals surface area (Å²) in [4.78, 5) is 24.9. The highest BCUT2D eigenvalue weighted by Crippen LogP contribution is 2.15. The van der Waals surface area contributed by atoms with E-state index in [9.17, 15) is 9.59 Å². The standard InChI is InChI=1S/C19H26N4O2/c1-12(2)10-17(24)21-18(15-8-6-5-7-9-15)19(25)20-11-16-13(3)22-23-14(16)4/h5-9,12,18H,10-11H2,1-4H3,(H,20,25)(H,21,24)(H,22,23). The van der Waals surface area contributed by atoms with E-state index < -0.39 is 6.04 Å². The maximum Gasteiger partial charge on any atom is 0.247 e. The number of carbonyl (C=O) groups is 2. The zero-order chi connectivity index (χ0) is 18.4. The first-order chi connectivity index (χ1) is 11.9. The second-order valence-corrected chi connectivity index (χ2v) is 6.64. The van der Waals surface area contributed by atoms with Crippen LogP contribution in [0.5, 0.6) is 0 Å². The van der Waals surface area contributed by atoms with Crippen LogP contribution in [0.4, 0.5) is 0 Å². The summed E-state index contributed by atoms with van der Waals surface area (Å²) in [6.45, 7) is 8.13. The molecule has 1 atom stereocenters. The molecule has 1 aromatic carbocycles. The molecule has 1 aromatic heterocycles. The zero-order valence-electron chi connectivity index (χ0n) is 15.2. The third-order valence-electron chi connectivity index (χ3n) is 4.01. The average Bonchev–Trinajstić information content (AvgIpc) is 2.89. The molecule has 2 amide bonds. The summed E-state index contributed by atoms with van der Waals surface area (Å²) >= 11 is 0. The number of aromatic nitrogens is 2. The number of hydrogen-bond acceptors (Lipinski definition) is 3. The zero-order valence-corrected chi connectivity index (χ0v) is 15.2. The van der Waals surface area contributed by atoms with Gasteiger partial charge in [0, 0.05) is 24.2 Å². The number of aryl methyl sites for hydroxylation is 2. The van der Waals surface area contributed by atoms with E-state index in [1.165, 1.54) is 0 Å². The fraction of sp³-hybridized carbons (Fsp3) is 0.421. The number of rotatable bonds is 7. The normalized spacial score (nSPS) is 12.0. The Balaban J connectivity index is 2.11. The fourth-order valence-electron chi connectivity index (χ4n) is 2.65. The Labute approximate surface area is 148 Å². The summed E-state index contributed by atoms with van der Waals surface area (Å²) in [5.74, 6) is -0.131. The minimum Gasteiger partial charge on any atom is -0.350 e. The summed E-state index contributed by atoms with van der Waals surface area (Å²) in [5.41, 5.74) is 3.52. The van der Waals surface area contributed by atoms with Crippen LogP contribution in [0.1, 0.15) is 48.8 Å². The van der Waals surface area contributed by atoms with Crippen LogP contribution in [0.3, 0.4) is 0 Å². The molecular formula is C19H26N4O2. The third-order valence-corrected chi connectivity index (χ3v) is 4.01. The highest BCUT2D eigenvalue weighted by molar-refractivity contribution is 5.88. The Morgan fingerprint density at radius 1 is 1.16 bits per heavy atom. The van der Waals surface area contributed by atoms with Gasteiger partial charge in [0.25, 0.3) is 0 Å². The molecule has 2 aromatic rings. The van der Waals surface area contributed by atoms with Crippen molar-refractivity contribution in [2.24, 2.45) is 5.92 Å². The lowest BCUT2D eigenvalue weighted by Crippen LogP contribution is -2.40. The molecule has 1 unspecified atom stereocenters. The lowest BCUT2D eigenvalue weighted by atomic mass is 10.0. The molecule has 6 nitrogen and oxygen atoms in total. The molecule has 6 heteroatoms. The number of carbonyl (C=O) groups excluding carboxylic acids is 2. The van der Waals surface area contributed by atoms with Gasteiger partial charge in [-0.2, -0.15) is 5.10 Å². The van der Waals surface area contributed by atoms with Crippen molar-refractivity contribution in [2.45, 2.75) is 46.7 Å². The van der Waals surface area contributed by atoms with Gasteiger partial charge in [0.2, 0.25) is 11.8 Å². The summed E-state index contributed by atoms with van der Waals surface area (Å²) in [7, 11) is 0. The van der Waals surface area contributed by atoms with Crippen LogP contribution in [0.25, 0.3) is 0 Å². The molecule has 2 rings (SSSR count). The van der Waals surface area contributed by atoms with Gasteiger partial charge in [-0.1, -0.05) is 44.2 Å². The van der Waals surface area contributed by atoms with Crippen LogP contribution in [0.15, 0.2) is 30.3 Å². The van der Waals surface area contributed by atoms with Crippen molar-refractivity contribution in [2.75, 3.05) is 0 Å². The van der Waals surface area contributed by atoms with E-state index in [0.29, 0.717) is 13.0 Å². The monoisotopic (exact) mass is 342 g/mol. The molecule has 0 saturated carbocycles. The van der Waals surface area contributed by atoms with Gasteiger partial charge >= 0.3 is 0 Å². The lowest BCUT2D eigenvalue weighted by molar-refractivity contribution is -0.129. The molecule has 3 N–H and O–H groups in total. The van der Waals surface area contributed by atoms with Gasteiger partial charge in [-0.05, 0) is 25.3 Å². The van der Waals surface area contributed by atoms with Crippen molar-refractivity contribution in [1.29, 1.82) is 0 Å². The molecule has 0 fully saturated rings. The van der Waals surface area contributed by atoms with E-state index in [0.717, 1.165) is 22.5 Å². The molecule has 1 heterocycles. The molecule has 0 bridgehead atoms. The van der Waals surface area contributed by atoms with E-state index in [-0.39, 0.29) is 17.7 Å². The molecule has 0 saturated heterocycles. The van der Waals surface area contributed by atoms with Crippen LogP contribution in [0.2, 0.25) is 0 Å². The molecular weight excluding hydrogens is 316 g/mol. The number of hydrogen-bond donors (Lipinski definition) is 3. The number of aromatic amines is 1. The summed E-state index contributed by atoms with van der Waals surface area (Å²) in [6.07, 6.45) is 0.385. The Morgan fingerprint density at radius 3 is 2.40 bits per heavy atom. The summed E-state index contributed by atoms with van der Waals surface area (Å²) in [5, 5.41) is 12.8. The molecule has 0 aliphatic heterocycles. The van der Waals surface area contributed by atoms with Gasteiger partial charge in [-0.3, -0.25) is 14.7 Å². The maximum absolute atomic E-state index is 12.7. The predicted molar refractivity (Wildman–Crippen MR) is 96.7 cm³/mol. The molecule has 0 spiro atoms. The summed E-state index contributed by atoms with van der Waals surface area (Å²) < 4.78 is 0. The van der Waals surface area contributed by atoms with Crippen molar-refractivity contribution in [1.82, 2.24) is 20.8 Å². The Kier molecular flexibility index (Phi) is 6.33. The second-order valence-electron chi connectivity index (χ2n) is 6.64. The maximum atomic E-state index is 12.7. The number of benzene rings is 1. The first-order valence-electron chi connectivity index (χ1n) is 8.51. The van der Waals surface area contributed by atoms with E-state index >= 15 is 0 Å². The Bertz CT molecular complexity index is 703. The summed E-state index contributed by atoms with van der Waals surface area (Å²) in [6, 6.07) is 8.57. The number of nitrogens with one attached hydrogen (secondary N) is 3. The van der Waals surface area contributed by atoms with Crippen molar-refractivity contribution < 1.29 is 9.59 Å². The highest BCUT2D eigenvalue weighted by atomic mass is 16.2. The fourth-order valence-corrected chi connectivity index (χ4v) is 2.65. The van der Waals surface area contributed by atoms with Crippen LogP contribution < -0.4 is 10.6 Å². The first kappa shape index (κ1) is 18.7. The third kappa shape index (κ3) is 5.17. The molecule has 25 heavy (non-hydrogen) atoms. The minimum atomic E-state index is -0.708. The van der Waals surface area contributed by atoms with Gasteiger partial charge in [-0.15, -0.1) is 0 Å². The van der Waals surface area contributed by atoms with Gasteiger partial charge in [0.1, 0.15) is 6.04 Å². The highest BCUT2D eigenvalue weighted by Gasteiger charge is 2.23. The molecule has 0 radical (unpaired) electrons. The number of nitrogens with zero attached hydrogens (tertiary/aromatic N) is 1. The van der Waals surface area contributed by atoms with Crippen molar-refractivity contribution >= 4 is 11.8 Å². The quantitative estimate of drug-likeness (QED) is 0.723. The van der Waals surface area contributed by atoms with E-state index in [4.69, 9.17) is 0 Å². The first-order valence-corrected chi connectivity index (χ1v) is 8.51.